The maximum absolute atomic E-state index is 12.7. The van der Waals surface area contributed by atoms with Gasteiger partial charge in [0.25, 0.3) is 0 Å². The first kappa shape index (κ1) is 24.4. The number of benzene rings is 1. The summed E-state index contributed by atoms with van der Waals surface area (Å²) in [6.45, 7) is 0.743. The van der Waals surface area contributed by atoms with E-state index >= 15 is 0 Å². The molecular weight excluding hydrogens is 400 g/mol. The number of carboxylic acids is 1. The Bertz CT molecular complexity index is 716. The molecule has 160 valence electrons. The van der Waals surface area contributed by atoms with Gasteiger partial charge in [0.2, 0.25) is 17.7 Å². The van der Waals surface area contributed by atoms with Crippen LogP contribution in [0.5, 0.6) is 0 Å². The number of aliphatic carboxylic acids is 1. The summed E-state index contributed by atoms with van der Waals surface area (Å²) in [6.07, 6.45) is -1.01. The fraction of sp³-hybridized carbons (Fsp3) is 0.444. The number of aliphatic hydroxyl groups excluding tert-OH is 1. The Kier molecular flexibility index (Phi) is 10.1. The van der Waals surface area contributed by atoms with E-state index in [0.29, 0.717) is 0 Å². The van der Waals surface area contributed by atoms with Crippen molar-refractivity contribution in [2.24, 2.45) is 5.73 Å². The lowest BCUT2D eigenvalue weighted by atomic mass is 10.0. The summed E-state index contributed by atoms with van der Waals surface area (Å²) >= 11 is 4.01. The van der Waals surface area contributed by atoms with E-state index in [1.165, 1.54) is 6.92 Å². The number of amides is 3. The van der Waals surface area contributed by atoms with Crippen molar-refractivity contribution in [3.05, 3.63) is 35.9 Å². The van der Waals surface area contributed by atoms with Crippen molar-refractivity contribution >= 4 is 36.3 Å². The average Bonchev–Trinajstić information content (AvgIpc) is 2.69. The van der Waals surface area contributed by atoms with Crippen LogP contribution in [0, 0.1) is 0 Å². The molecule has 11 heteroatoms. The molecule has 1 aromatic rings. The van der Waals surface area contributed by atoms with Crippen molar-refractivity contribution in [1.82, 2.24) is 16.0 Å². The summed E-state index contributed by atoms with van der Waals surface area (Å²) in [6, 6.07) is 5.43. The van der Waals surface area contributed by atoms with Gasteiger partial charge in [-0.1, -0.05) is 30.3 Å². The lowest BCUT2D eigenvalue weighted by Crippen LogP contribution is -2.58. The van der Waals surface area contributed by atoms with Gasteiger partial charge in [0.15, 0.2) is 0 Å². The Labute approximate surface area is 173 Å². The highest BCUT2D eigenvalue weighted by molar-refractivity contribution is 7.80. The highest BCUT2D eigenvalue weighted by atomic mass is 32.1. The van der Waals surface area contributed by atoms with Crippen LogP contribution in [0.3, 0.4) is 0 Å². The highest BCUT2D eigenvalue weighted by Gasteiger charge is 2.29. The molecule has 0 fully saturated rings. The van der Waals surface area contributed by atoms with Crippen molar-refractivity contribution < 1.29 is 29.4 Å². The van der Waals surface area contributed by atoms with Gasteiger partial charge in [-0.25, -0.2) is 0 Å². The minimum absolute atomic E-state index is 0.0869. The molecule has 1 rings (SSSR count). The standard InChI is InChI=1S/C18H26N4O6S/c1-10(23)15(19)18(28)21-12(7-11-5-3-2-4-6-11)17(27)22-13(9-29)16(26)20-8-14(24)25/h2-6,10,12-13,15,23,29H,7-9,19H2,1H3,(H,20,26)(H,21,28)(H,22,27)(H,24,25). The topological polar surface area (TPSA) is 171 Å². The summed E-state index contributed by atoms with van der Waals surface area (Å²) < 4.78 is 0. The van der Waals surface area contributed by atoms with E-state index in [1.54, 1.807) is 30.3 Å². The number of carbonyl (C=O) groups excluding carboxylic acids is 3. The maximum Gasteiger partial charge on any atom is 0.322 e. The van der Waals surface area contributed by atoms with E-state index in [1.807, 2.05) is 0 Å². The van der Waals surface area contributed by atoms with E-state index in [2.05, 4.69) is 28.6 Å². The average molecular weight is 426 g/mol. The lowest BCUT2D eigenvalue weighted by molar-refractivity contribution is -0.138. The molecule has 29 heavy (non-hydrogen) atoms. The number of hydrogen-bond donors (Lipinski definition) is 7. The maximum atomic E-state index is 12.7. The first-order valence-corrected chi connectivity index (χ1v) is 9.47. The van der Waals surface area contributed by atoms with E-state index < -0.39 is 54.5 Å². The van der Waals surface area contributed by atoms with E-state index in [9.17, 15) is 24.3 Å². The van der Waals surface area contributed by atoms with Crippen molar-refractivity contribution in [1.29, 1.82) is 0 Å². The molecule has 0 saturated carbocycles. The summed E-state index contributed by atoms with van der Waals surface area (Å²) in [5.74, 6) is -3.44. The number of hydrogen-bond acceptors (Lipinski definition) is 7. The Hall–Kier alpha value is -2.63. The molecule has 0 saturated heterocycles. The quantitative estimate of drug-likeness (QED) is 0.201. The number of nitrogens with one attached hydrogen (secondary N) is 3. The summed E-state index contributed by atoms with van der Waals surface area (Å²) in [5.41, 5.74) is 6.37. The Balaban J connectivity index is 2.91. The second kappa shape index (κ2) is 12.0. The fourth-order valence-corrected chi connectivity index (χ4v) is 2.56. The number of carboxylic acid groups (broad SMARTS) is 1. The molecule has 0 spiro atoms. The minimum atomic E-state index is -1.24. The van der Waals surface area contributed by atoms with Crippen LogP contribution in [0.1, 0.15) is 12.5 Å². The summed E-state index contributed by atoms with van der Waals surface area (Å²) in [7, 11) is 0. The fourth-order valence-electron chi connectivity index (χ4n) is 2.30. The molecule has 4 atom stereocenters. The van der Waals surface area contributed by atoms with Crippen molar-refractivity contribution in [3.63, 3.8) is 0 Å². The first-order chi connectivity index (χ1) is 13.6. The predicted octanol–water partition coefficient (Wildman–Crippen LogP) is -1.96. The first-order valence-electron chi connectivity index (χ1n) is 8.84. The van der Waals surface area contributed by atoms with Gasteiger partial charge in [-0.3, -0.25) is 19.2 Å². The third-order valence-electron chi connectivity index (χ3n) is 3.97. The SMILES string of the molecule is CC(O)C(N)C(=O)NC(Cc1ccccc1)C(=O)NC(CS)C(=O)NCC(=O)O. The molecule has 1 aromatic carbocycles. The molecule has 7 N–H and O–H groups in total. The van der Waals surface area contributed by atoms with Gasteiger partial charge in [0.05, 0.1) is 6.10 Å². The van der Waals surface area contributed by atoms with Crippen LogP contribution >= 0.6 is 12.6 Å². The third-order valence-corrected chi connectivity index (χ3v) is 4.33. The second-order valence-corrected chi connectivity index (χ2v) is 6.74. The van der Waals surface area contributed by atoms with Gasteiger partial charge in [-0.2, -0.15) is 12.6 Å². The number of carbonyl (C=O) groups is 4. The zero-order chi connectivity index (χ0) is 22.0. The lowest BCUT2D eigenvalue weighted by Gasteiger charge is -2.24. The van der Waals surface area contributed by atoms with Crippen LogP contribution in [0.2, 0.25) is 0 Å². The van der Waals surface area contributed by atoms with Gasteiger partial charge in [-0.15, -0.1) is 0 Å². The van der Waals surface area contributed by atoms with E-state index in [0.717, 1.165) is 5.56 Å². The molecule has 0 heterocycles. The minimum Gasteiger partial charge on any atom is -0.480 e. The number of aliphatic hydroxyl groups is 1. The van der Waals surface area contributed by atoms with Crippen molar-refractivity contribution in [3.8, 4) is 0 Å². The number of nitrogens with two attached hydrogens (primary N) is 1. The van der Waals surface area contributed by atoms with Gasteiger partial charge < -0.3 is 31.9 Å². The van der Waals surface area contributed by atoms with Gasteiger partial charge in [0.1, 0.15) is 24.7 Å². The molecule has 3 amide bonds. The highest BCUT2D eigenvalue weighted by Crippen LogP contribution is 2.05. The van der Waals surface area contributed by atoms with E-state index in [4.69, 9.17) is 10.8 Å². The monoisotopic (exact) mass is 426 g/mol. The molecule has 0 radical (unpaired) electrons. The molecule has 0 bridgehead atoms. The largest absolute Gasteiger partial charge is 0.480 e. The number of rotatable bonds is 11. The van der Waals surface area contributed by atoms with E-state index in [-0.39, 0.29) is 12.2 Å². The molecule has 0 aliphatic carbocycles. The van der Waals surface area contributed by atoms with Gasteiger partial charge >= 0.3 is 5.97 Å². The van der Waals surface area contributed by atoms with Crippen molar-refractivity contribution in [2.45, 2.75) is 37.6 Å². The Morgan fingerprint density at radius 2 is 1.62 bits per heavy atom. The molecular formula is C18H26N4O6S. The van der Waals surface area contributed by atoms with Crippen LogP contribution in [0.15, 0.2) is 30.3 Å². The molecule has 10 nitrogen and oxygen atoms in total. The van der Waals surface area contributed by atoms with Crippen LogP contribution in [0.4, 0.5) is 0 Å². The van der Waals surface area contributed by atoms with Crippen molar-refractivity contribution in [2.75, 3.05) is 12.3 Å². The van der Waals surface area contributed by atoms with Crippen LogP contribution < -0.4 is 21.7 Å². The Morgan fingerprint density at radius 3 is 2.14 bits per heavy atom. The molecule has 4 unspecified atom stereocenters. The summed E-state index contributed by atoms with van der Waals surface area (Å²) in [4.78, 5) is 47.6. The van der Waals surface area contributed by atoms with Gasteiger partial charge in [0, 0.05) is 12.2 Å². The summed E-state index contributed by atoms with van der Waals surface area (Å²) in [5, 5.41) is 25.2. The molecule has 0 aliphatic heterocycles. The normalized spacial score (nSPS) is 14.8. The smallest absolute Gasteiger partial charge is 0.322 e. The van der Waals surface area contributed by atoms with Crippen LogP contribution in [0.25, 0.3) is 0 Å². The predicted molar refractivity (Wildman–Crippen MR) is 108 cm³/mol. The number of thiol groups is 1. The third kappa shape index (κ3) is 8.50. The zero-order valence-corrected chi connectivity index (χ0v) is 16.8. The van der Waals surface area contributed by atoms with Crippen LogP contribution in [-0.4, -0.2) is 70.4 Å². The zero-order valence-electron chi connectivity index (χ0n) is 15.9. The van der Waals surface area contributed by atoms with Crippen LogP contribution in [-0.2, 0) is 25.6 Å². The van der Waals surface area contributed by atoms with Gasteiger partial charge in [-0.05, 0) is 12.5 Å². The second-order valence-electron chi connectivity index (χ2n) is 6.37. The Morgan fingerprint density at radius 1 is 1.03 bits per heavy atom. The molecule has 0 aliphatic rings. The molecule has 0 aromatic heterocycles.